The number of aliphatic hydroxyl groups excluding tert-OH is 1. The monoisotopic (exact) mass is 431 g/mol. The Morgan fingerprint density at radius 1 is 1.03 bits per heavy atom. The molecule has 0 unspecified atom stereocenters. The van der Waals surface area contributed by atoms with E-state index in [9.17, 15) is 23.5 Å². The molecule has 0 saturated heterocycles. The SMILES string of the molecule is O=C(C[C@H]1C=C[C@H](NC(=O)Nc2ccc(F)cc2)[C@H](CO)O1)NCc1cccc(F)c1. The highest BCUT2D eigenvalue weighted by atomic mass is 19.1. The molecular formula is C22H23F2N3O4. The number of hydrogen-bond donors (Lipinski definition) is 4. The lowest BCUT2D eigenvalue weighted by Crippen LogP contribution is -2.50. The standard InChI is InChI=1S/C22H23F2N3O4/c23-15-4-6-17(7-5-15)26-22(30)27-19-9-8-18(31-20(19)13-28)11-21(29)25-12-14-2-1-3-16(24)10-14/h1-10,18-20,28H,11-13H2,(H,25,29)(H2,26,27,30)/t18-,19+,20+/m1/s1. The second-order valence-electron chi connectivity index (χ2n) is 7.02. The molecule has 2 aromatic rings. The zero-order valence-electron chi connectivity index (χ0n) is 16.6. The number of ether oxygens (including phenoxy) is 1. The average molecular weight is 431 g/mol. The zero-order valence-corrected chi connectivity index (χ0v) is 16.6. The van der Waals surface area contributed by atoms with Crippen LogP contribution in [0.3, 0.4) is 0 Å². The number of amides is 3. The minimum Gasteiger partial charge on any atom is -0.394 e. The predicted octanol–water partition coefficient (Wildman–Crippen LogP) is 2.48. The van der Waals surface area contributed by atoms with Crippen LogP contribution in [0.5, 0.6) is 0 Å². The van der Waals surface area contributed by atoms with Crippen molar-refractivity contribution in [2.24, 2.45) is 0 Å². The van der Waals surface area contributed by atoms with Gasteiger partial charge in [0.05, 0.1) is 25.2 Å². The van der Waals surface area contributed by atoms with E-state index in [1.165, 1.54) is 36.4 Å². The van der Waals surface area contributed by atoms with E-state index in [4.69, 9.17) is 4.74 Å². The van der Waals surface area contributed by atoms with Gasteiger partial charge in [0.25, 0.3) is 0 Å². The largest absolute Gasteiger partial charge is 0.394 e. The van der Waals surface area contributed by atoms with Gasteiger partial charge in [-0.3, -0.25) is 4.79 Å². The molecule has 3 amide bonds. The molecule has 0 saturated carbocycles. The molecule has 0 aromatic heterocycles. The molecule has 0 spiro atoms. The summed E-state index contributed by atoms with van der Waals surface area (Å²) in [5, 5.41) is 17.5. The summed E-state index contributed by atoms with van der Waals surface area (Å²) >= 11 is 0. The lowest BCUT2D eigenvalue weighted by Gasteiger charge is -2.31. The Balaban J connectivity index is 1.49. The Morgan fingerprint density at radius 2 is 1.81 bits per heavy atom. The lowest BCUT2D eigenvalue weighted by molar-refractivity contribution is -0.125. The van der Waals surface area contributed by atoms with Crippen LogP contribution in [0, 0.1) is 11.6 Å². The molecule has 0 radical (unpaired) electrons. The van der Waals surface area contributed by atoms with E-state index in [2.05, 4.69) is 16.0 Å². The number of rotatable bonds is 7. The maximum atomic E-state index is 13.2. The first-order chi connectivity index (χ1) is 14.9. The highest BCUT2D eigenvalue weighted by Gasteiger charge is 2.29. The van der Waals surface area contributed by atoms with E-state index in [1.807, 2.05) is 0 Å². The van der Waals surface area contributed by atoms with E-state index in [1.54, 1.807) is 24.3 Å². The molecule has 3 rings (SSSR count). The number of carbonyl (C=O) groups excluding carboxylic acids is 2. The van der Waals surface area contributed by atoms with Gasteiger partial charge in [-0.25, -0.2) is 13.6 Å². The van der Waals surface area contributed by atoms with Crippen molar-refractivity contribution in [3.8, 4) is 0 Å². The van der Waals surface area contributed by atoms with Crippen LogP contribution in [0.2, 0.25) is 0 Å². The van der Waals surface area contributed by atoms with Crippen LogP contribution in [0.25, 0.3) is 0 Å². The Morgan fingerprint density at radius 3 is 2.52 bits per heavy atom. The summed E-state index contributed by atoms with van der Waals surface area (Å²) in [6.45, 7) is -0.183. The first-order valence-corrected chi connectivity index (χ1v) is 9.72. The van der Waals surface area contributed by atoms with Gasteiger partial charge in [-0.05, 0) is 42.0 Å². The van der Waals surface area contributed by atoms with Gasteiger partial charge in [-0.15, -0.1) is 0 Å². The third kappa shape index (κ3) is 6.87. The molecule has 9 heteroatoms. The lowest BCUT2D eigenvalue weighted by atomic mass is 10.0. The van der Waals surface area contributed by atoms with E-state index >= 15 is 0 Å². The molecular weight excluding hydrogens is 408 g/mol. The molecule has 1 aliphatic rings. The molecule has 0 bridgehead atoms. The van der Waals surface area contributed by atoms with E-state index in [-0.39, 0.29) is 31.3 Å². The van der Waals surface area contributed by atoms with Crippen molar-refractivity contribution in [3.63, 3.8) is 0 Å². The van der Waals surface area contributed by atoms with Gasteiger partial charge in [-0.1, -0.05) is 24.3 Å². The Hall–Kier alpha value is -3.30. The summed E-state index contributed by atoms with van der Waals surface area (Å²) in [5.41, 5.74) is 1.05. The summed E-state index contributed by atoms with van der Waals surface area (Å²) in [7, 11) is 0. The molecule has 4 N–H and O–H groups in total. The Labute approximate surface area is 178 Å². The fourth-order valence-electron chi connectivity index (χ4n) is 3.09. The van der Waals surface area contributed by atoms with Crippen molar-refractivity contribution in [1.29, 1.82) is 0 Å². The van der Waals surface area contributed by atoms with E-state index in [0.29, 0.717) is 11.3 Å². The summed E-state index contributed by atoms with van der Waals surface area (Å²) in [6, 6.07) is 10.1. The molecule has 1 aliphatic heterocycles. The van der Waals surface area contributed by atoms with Crippen LogP contribution in [0.4, 0.5) is 19.3 Å². The van der Waals surface area contributed by atoms with Gasteiger partial charge in [0.15, 0.2) is 0 Å². The van der Waals surface area contributed by atoms with Crippen molar-refractivity contribution in [2.45, 2.75) is 31.2 Å². The third-order valence-corrected chi connectivity index (χ3v) is 4.63. The minimum absolute atomic E-state index is 0.0107. The van der Waals surface area contributed by atoms with E-state index < -0.39 is 30.1 Å². The second-order valence-corrected chi connectivity index (χ2v) is 7.02. The zero-order chi connectivity index (χ0) is 22.2. The van der Waals surface area contributed by atoms with Crippen LogP contribution in [-0.2, 0) is 16.1 Å². The van der Waals surface area contributed by atoms with Crippen molar-refractivity contribution in [3.05, 3.63) is 77.9 Å². The number of benzene rings is 2. The number of anilines is 1. The first-order valence-electron chi connectivity index (χ1n) is 9.72. The summed E-state index contributed by atoms with van der Waals surface area (Å²) in [5.74, 6) is -1.09. The minimum atomic E-state index is -0.745. The van der Waals surface area contributed by atoms with Crippen LogP contribution in [0.15, 0.2) is 60.7 Å². The van der Waals surface area contributed by atoms with Gasteiger partial charge >= 0.3 is 6.03 Å². The fourth-order valence-corrected chi connectivity index (χ4v) is 3.09. The van der Waals surface area contributed by atoms with Crippen LogP contribution < -0.4 is 16.0 Å². The quantitative estimate of drug-likeness (QED) is 0.506. The second kappa shape index (κ2) is 10.6. The van der Waals surface area contributed by atoms with E-state index in [0.717, 1.165) is 0 Å². The van der Waals surface area contributed by atoms with Gasteiger partial charge in [0.2, 0.25) is 5.91 Å². The number of carbonyl (C=O) groups is 2. The number of urea groups is 1. The normalized spacial score (nSPS) is 20.2. The Kier molecular flexibility index (Phi) is 7.69. The smallest absolute Gasteiger partial charge is 0.319 e. The van der Waals surface area contributed by atoms with Crippen LogP contribution in [-0.4, -0.2) is 41.9 Å². The molecule has 2 aromatic carbocycles. The molecule has 164 valence electrons. The van der Waals surface area contributed by atoms with Crippen molar-refractivity contribution in [1.82, 2.24) is 10.6 Å². The average Bonchev–Trinajstić information content (AvgIpc) is 2.75. The maximum absolute atomic E-state index is 13.2. The van der Waals surface area contributed by atoms with Gasteiger partial charge in [0, 0.05) is 12.2 Å². The molecule has 0 fully saturated rings. The molecule has 0 aliphatic carbocycles. The molecule has 3 atom stereocenters. The summed E-state index contributed by atoms with van der Waals surface area (Å²) in [6.07, 6.45) is 1.97. The number of hydrogen-bond acceptors (Lipinski definition) is 4. The van der Waals surface area contributed by atoms with Crippen LogP contribution >= 0.6 is 0 Å². The predicted molar refractivity (Wildman–Crippen MR) is 110 cm³/mol. The Bertz CT molecular complexity index is 937. The highest BCUT2D eigenvalue weighted by molar-refractivity contribution is 5.89. The molecule has 31 heavy (non-hydrogen) atoms. The van der Waals surface area contributed by atoms with Crippen molar-refractivity contribution >= 4 is 17.6 Å². The summed E-state index contributed by atoms with van der Waals surface area (Å²) < 4.78 is 31.9. The summed E-state index contributed by atoms with van der Waals surface area (Å²) in [4.78, 5) is 24.3. The third-order valence-electron chi connectivity index (χ3n) is 4.63. The molecule has 1 heterocycles. The molecule has 7 nitrogen and oxygen atoms in total. The van der Waals surface area contributed by atoms with Crippen molar-refractivity contribution < 1.29 is 28.2 Å². The fraction of sp³-hybridized carbons (Fsp3) is 0.273. The number of aliphatic hydroxyl groups is 1. The van der Waals surface area contributed by atoms with Gasteiger partial charge < -0.3 is 25.8 Å². The van der Waals surface area contributed by atoms with Gasteiger partial charge in [0.1, 0.15) is 17.7 Å². The maximum Gasteiger partial charge on any atom is 0.319 e. The first kappa shape index (κ1) is 22.4. The topological polar surface area (TPSA) is 99.7 Å². The van der Waals surface area contributed by atoms with Crippen molar-refractivity contribution in [2.75, 3.05) is 11.9 Å². The van der Waals surface area contributed by atoms with Gasteiger partial charge in [-0.2, -0.15) is 0 Å². The number of nitrogens with one attached hydrogen (secondary N) is 3. The highest BCUT2D eigenvalue weighted by Crippen LogP contribution is 2.16. The van der Waals surface area contributed by atoms with Crippen LogP contribution in [0.1, 0.15) is 12.0 Å². The number of halogens is 2.